The first kappa shape index (κ1) is 17.8. The number of aromatic nitrogens is 3. The predicted molar refractivity (Wildman–Crippen MR) is 104 cm³/mol. The average molecular weight is 399 g/mol. The molecular weight excluding hydrogens is 382 g/mol. The lowest BCUT2D eigenvalue weighted by molar-refractivity contribution is 0.102. The molecule has 6 nitrogen and oxygen atoms in total. The Balaban J connectivity index is 1.44. The summed E-state index contributed by atoms with van der Waals surface area (Å²) in [6.07, 6.45) is 1.54. The number of nitrogens with zero attached hydrogens (tertiary/aromatic N) is 3. The third-order valence-electron chi connectivity index (χ3n) is 4.23. The highest BCUT2D eigenvalue weighted by Gasteiger charge is 2.18. The number of ketones is 1. The van der Waals surface area contributed by atoms with E-state index < -0.39 is 0 Å². The van der Waals surface area contributed by atoms with Crippen LogP contribution in [0.4, 0.5) is 0 Å². The average Bonchev–Trinajstić information content (AvgIpc) is 3.43. The fourth-order valence-electron chi connectivity index (χ4n) is 2.86. The fraction of sp³-hybridized carbons (Fsp3) is 0.211. The first-order valence-electron chi connectivity index (χ1n) is 8.34. The van der Waals surface area contributed by atoms with Crippen molar-refractivity contribution in [2.75, 3.05) is 5.75 Å². The molecule has 8 heteroatoms. The molecule has 0 amide bonds. The van der Waals surface area contributed by atoms with Gasteiger partial charge in [-0.1, -0.05) is 17.8 Å². The summed E-state index contributed by atoms with van der Waals surface area (Å²) in [4.78, 5) is 14.0. The van der Waals surface area contributed by atoms with E-state index in [0.717, 1.165) is 23.5 Å². The number of Topliss-reactive ketones (excluding diaryl/α,β-unsaturated/α-hetero) is 1. The highest BCUT2D eigenvalue weighted by Crippen LogP contribution is 2.25. The van der Waals surface area contributed by atoms with Gasteiger partial charge in [0, 0.05) is 21.8 Å². The first-order valence-corrected chi connectivity index (χ1v) is 10.2. The van der Waals surface area contributed by atoms with Gasteiger partial charge in [0.25, 0.3) is 11.1 Å². The number of thioether (sulfide) groups is 1. The summed E-state index contributed by atoms with van der Waals surface area (Å²) < 4.78 is 12.9. The largest absolute Gasteiger partial charge is 0.459 e. The Morgan fingerprint density at radius 1 is 1.26 bits per heavy atom. The van der Waals surface area contributed by atoms with Gasteiger partial charge in [-0.3, -0.25) is 4.79 Å². The van der Waals surface area contributed by atoms with Crippen molar-refractivity contribution >= 4 is 28.9 Å². The maximum Gasteiger partial charge on any atom is 0.284 e. The van der Waals surface area contributed by atoms with Crippen molar-refractivity contribution in [1.82, 2.24) is 14.8 Å². The number of carbonyl (C=O) groups is 1. The van der Waals surface area contributed by atoms with Gasteiger partial charge in [-0.2, -0.15) is 0 Å². The molecule has 4 aromatic rings. The Morgan fingerprint density at radius 2 is 2.15 bits per heavy atom. The minimum Gasteiger partial charge on any atom is -0.459 e. The van der Waals surface area contributed by atoms with Gasteiger partial charge >= 0.3 is 0 Å². The van der Waals surface area contributed by atoms with Crippen LogP contribution in [0.15, 0.2) is 56.0 Å². The zero-order chi connectivity index (χ0) is 18.8. The molecule has 0 fully saturated rings. The second-order valence-electron chi connectivity index (χ2n) is 6.01. The minimum atomic E-state index is 0.0447. The highest BCUT2D eigenvalue weighted by molar-refractivity contribution is 7.99. The molecule has 4 heterocycles. The van der Waals surface area contributed by atoms with Crippen LogP contribution in [0.5, 0.6) is 0 Å². The van der Waals surface area contributed by atoms with Crippen molar-refractivity contribution < 1.29 is 13.6 Å². The van der Waals surface area contributed by atoms with Crippen molar-refractivity contribution in [3.63, 3.8) is 0 Å². The molecule has 0 atom stereocenters. The predicted octanol–water partition coefficient (Wildman–Crippen LogP) is 4.83. The van der Waals surface area contributed by atoms with Crippen LogP contribution in [0.2, 0.25) is 0 Å². The van der Waals surface area contributed by atoms with Crippen LogP contribution >= 0.6 is 23.1 Å². The van der Waals surface area contributed by atoms with E-state index >= 15 is 0 Å². The van der Waals surface area contributed by atoms with Gasteiger partial charge in [0.15, 0.2) is 11.5 Å². The van der Waals surface area contributed by atoms with Crippen molar-refractivity contribution in [1.29, 1.82) is 0 Å². The Hall–Kier alpha value is -2.58. The molecule has 0 bridgehead atoms. The maximum absolute atomic E-state index is 12.7. The summed E-state index contributed by atoms with van der Waals surface area (Å²) in [6, 6.07) is 9.59. The normalized spacial score (nSPS) is 11.2. The van der Waals surface area contributed by atoms with E-state index in [9.17, 15) is 4.79 Å². The van der Waals surface area contributed by atoms with Gasteiger partial charge in [0.2, 0.25) is 0 Å². The molecule has 0 spiro atoms. The molecule has 0 aromatic carbocycles. The summed E-state index contributed by atoms with van der Waals surface area (Å²) in [5.74, 6) is 1.11. The van der Waals surface area contributed by atoms with E-state index in [1.807, 2.05) is 26.0 Å². The van der Waals surface area contributed by atoms with Crippen LogP contribution in [0.3, 0.4) is 0 Å². The van der Waals surface area contributed by atoms with Gasteiger partial charge in [0.05, 0.1) is 18.6 Å². The highest BCUT2D eigenvalue weighted by atomic mass is 32.2. The summed E-state index contributed by atoms with van der Waals surface area (Å²) >= 11 is 2.95. The van der Waals surface area contributed by atoms with Gasteiger partial charge in [-0.25, -0.2) is 0 Å². The zero-order valence-corrected chi connectivity index (χ0v) is 16.5. The molecule has 0 saturated heterocycles. The molecule has 0 aliphatic carbocycles. The lowest BCUT2D eigenvalue weighted by Gasteiger charge is -2.08. The summed E-state index contributed by atoms with van der Waals surface area (Å²) in [5.41, 5.74) is 2.79. The molecule has 0 saturated carbocycles. The summed E-state index contributed by atoms with van der Waals surface area (Å²) in [6.45, 7) is 4.80. The fourth-order valence-corrected chi connectivity index (χ4v) is 4.20. The molecule has 4 aromatic heterocycles. The van der Waals surface area contributed by atoms with Crippen LogP contribution in [0, 0.1) is 13.8 Å². The van der Waals surface area contributed by atoms with Crippen LogP contribution in [-0.4, -0.2) is 26.3 Å². The van der Waals surface area contributed by atoms with E-state index in [4.69, 9.17) is 8.83 Å². The van der Waals surface area contributed by atoms with Gasteiger partial charge in [0.1, 0.15) is 0 Å². The van der Waals surface area contributed by atoms with E-state index in [1.54, 1.807) is 29.7 Å². The second-order valence-corrected chi connectivity index (χ2v) is 7.97. The zero-order valence-electron chi connectivity index (χ0n) is 14.8. The SMILES string of the molecule is Cc1cc(C(=O)CSc2nnc(-c3ccco3)o2)c(C)n1Cc1cccs1. The van der Waals surface area contributed by atoms with Crippen molar-refractivity contribution in [3.05, 3.63) is 63.8 Å². The molecule has 0 aliphatic rings. The molecule has 4 rings (SSSR count). The third-order valence-corrected chi connectivity index (χ3v) is 5.91. The lowest BCUT2D eigenvalue weighted by Crippen LogP contribution is -2.07. The van der Waals surface area contributed by atoms with Crippen molar-refractivity contribution in [2.45, 2.75) is 25.6 Å². The Morgan fingerprint density at radius 3 is 2.89 bits per heavy atom. The number of rotatable bonds is 7. The smallest absolute Gasteiger partial charge is 0.284 e. The molecule has 138 valence electrons. The number of hydrogen-bond donors (Lipinski definition) is 0. The van der Waals surface area contributed by atoms with Crippen LogP contribution in [-0.2, 0) is 6.54 Å². The number of thiophene rings is 1. The van der Waals surface area contributed by atoms with Crippen molar-refractivity contribution in [3.8, 4) is 11.7 Å². The molecule has 27 heavy (non-hydrogen) atoms. The maximum atomic E-state index is 12.7. The Bertz CT molecular complexity index is 1050. The Kier molecular flexibility index (Phi) is 5.00. The standard InChI is InChI=1S/C19H17N3O3S2/c1-12-9-15(13(2)22(12)10-14-5-4-8-26-14)16(23)11-27-19-21-20-18(25-19)17-6-3-7-24-17/h3-9H,10-11H2,1-2H3. The summed E-state index contributed by atoms with van der Waals surface area (Å²) in [7, 11) is 0. The minimum absolute atomic E-state index is 0.0447. The quantitative estimate of drug-likeness (QED) is 0.327. The number of hydrogen-bond acceptors (Lipinski definition) is 7. The lowest BCUT2D eigenvalue weighted by atomic mass is 10.2. The van der Waals surface area contributed by atoms with Gasteiger partial charge in [-0.15, -0.1) is 21.5 Å². The van der Waals surface area contributed by atoms with Gasteiger partial charge < -0.3 is 13.4 Å². The molecule has 0 unspecified atom stereocenters. The first-order chi connectivity index (χ1) is 13.1. The number of carbonyl (C=O) groups excluding carboxylic acids is 1. The van der Waals surface area contributed by atoms with Gasteiger partial charge in [-0.05, 0) is 43.5 Å². The number of aryl methyl sites for hydroxylation is 1. The second kappa shape index (κ2) is 7.58. The molecule has 0 radical (unpaired) electrons. The van der Waals surface area contributed by atoms with E-state index in [-0.39, 0.29) is 11.5 Å². The molecular formula is C19H17N3O3S2. The Labute approximate surface area is 164 Å². The monoisotopic (exact) mass is 399 g/mol. The summed E-state index contributed by atoms with van der Waals surface area (Å²) in [5, 5.41) is 10.3. The van der Waals surface area contributed by atoms with Crippen LogP contribution in [0.25, 0.3) is 11.7 Å². The number of furan rings is 1. The van der Waals surface area contributed by atoms with E-state index in [1.165, 1.54) is 16.6 Å². The van der Waals surface area contributed by atoms with Crippen LogP contribution < -0.4 is 0 Å². The van der Waals surface area contributed by atoms with E-state index in [2.05, 4.69) is 26.2 Å². The molecule has 0 N–H and O–H groups in total. The van der Waals surface area contributed by atoms with Crippen molar-refractivity contribution in [2.24, 2.45) is 0 Å². The third kappa shape index (κ3) is 3.77. The molecule has 0 aliphatic heterocycles. The topological polar surface area (TPSA) is 74.1 Å². The van der Waals surface area contributed by atoms with Crippen LogP contribution in [0.1, 0.15) is 26.6 Å². The van der Waals surface area contributed by atoms with E-state index in [0.29, 0.717) is 16.9 Å².